The van der Waals surface area contributed by atoms with Crippen molar-refractivity contribution in [2.45, 2.75) is 39.8 Å². The molecule has 1 amide bonds. The number of pyridine rings is 1. The fourth-order valence-electron chi connectivity index (χ4n) is 3.61. The first-order valence-electron chi connectivity index (χ1n) is 11.1. The van der Waals surface area contributed by atoms with Crippen LogP contribution in [-0.2, 0) is 20.1 Å². The lowest BCUT2D eigenvalue weighted by molar-refractivity contribution is 0.0689. The number of hydrogen-bond acceptors (Lipinski definition) is 4. The maximum atomic E-state index is 13.4. The molecule has 0 radical (unpaired) electrons. The van der Waals surface area contributed by atoms with E-state index in [4.69, 9.17) is 9.15 Å². The van der Waals surface area contributed by atoms with E-state index in [0.29, 0.717) is 25.0 Å². The molecule has 3 heterocycles. The second-order valence-electron chi connectivity index (χ2n) is 8.53. The van der Waals surface area contributed by atoms with E-state index in [1.807, 2.05) is 61.1 Å². The molecule has 0 saturated heterocycles. The number of carbonyl (C=O) groups excluding carboxylic acids is 1. The molecule has 33 heavy (non-hydrogen) atoms. The zero-order valence-corrected chi connectivity index (χ0v) is 19.5. The van der Waals surface area contributed by atoms with Crippen LogP contribution in [-0.4, -0.2) is 20.4 Å². The molecule has 6 nitrogen and oxygen atoms in total. The van der Waals surface area contributed by atoms with E-state index in [1.54, 1.807) is 29.4 Å². The Balaban J connectivity index is 1.56. The van der Waals surface area contributed by atoms with Gasteiger partial charge in [0.15, 0.2) is 5.76 Å². The molecule has 0 saturated carbocycles. The Hall–Kier alpha value is -3.80. The minimum Gasteiger partial charge on any atom is -0.426 e. The Morgan fingerprint density at radius 2 is 1.97 bits per heavy atom. The first-order chi connectivity index (χ1) is 15.9. The van der Waals surface area contributed by atoms with E-state index in [-0.39, 0.29) is 11.7 Å². The fraction of sp³-hybridized carbons (Fsp3) is 0.259. The van der Waals surface area contributed by atoms with E-state index in [2.05, 4.69) is 24.9 Å². The predicted molar refractivity (Wildman–Crippen MR) is 127 cm³/mol. The van der Waals surface area contributed by atoms with Crippen molar-refractivity contribution in [1.82, 2.24) is 14.5 Å². The monoisotopic (exact) mass is 443 g/mol. The van der Waals surface area contributed by atoms with Gasteiger partial charge in [-0.1, -0.05) is 32.0 Å². The van der Waals surface area contributed by atoms with Crippen LogP contribution in [0.4, 0.5) is 0 Å². The molecule has 3 aromatic heterocycles. The van der Waals surface area contributed by atoms with Gasteiger partial charge in [0, 0.05) is 43.9 Å². The summed E-state index contributed by atoms with van der Waals surface area (Å²) in [6.07, 6.45) is 5.46. The SMILES string of the molecule is Cc1ccc(C(C)C)cc1Oc1ccc(C(=O)N(Cc2cccnc2)Cc2cccn2C)o1. The average Bonchev–Trinajstić information content (AvgIpc) is 3.44. The Labute approximate surface area is 194 Å². The molecule has 0 bridgehead atoms. The maximum absolute atomic E-state index is 13.4. The lowest BCUT2D eigenvalue weighted by Gasteiger charge is -2.22. The number of hydrogen-bond donors (Lipinski definition) is 0. The summed E-state index contributed by atoms with van der Waals surface area (Å²) in [5, 5.41) is 0. The number of ether oxygens (including phenoxy) is 1. The number of aromatic nitrogens is 2. The van der Waals surface area contributed by atoms with E-state index in [0.717, 1.165) is 22.6 Å². The zero-order valence-electron chi connectivity index (χ0n) is 19.5. The van der Waals surface area contributed by atoms with Crippen LogP contribution in [0.3, 0.4) is 0 Å². The minimum atomic E-state index is -0.206. The molecule has 4 aromatic rings. The van der Waals surface area contributed by atoms with Gasteiger partial charge < -0.3 is 18.6 Å². The molecule has 0 aliphatic carbocycles. The lowest BCUT2D eigenvalue weighted by atomic mass is 10.0. The fourth-order valence-corrected chi connectivity index (χ4v) is 3.61. The van der Waals surface area contributed by atoms with Gasteiger partial charge in [-0.25, -0.2) is 0 Å². The third-order valence-electron chi connectivity index (χ3n) is 5.67. The quantitative estimate of drug-likeness (QED) is 0.331. The molecule has 0 aliphatic heterocycles. The topological polar surface area (TPSA) is 60.5 Å². The molecular weight excluding hydrogens is 414 g/mol. The van der Waals surface area contributed by atoms with Crippen LogP contribution in [0.1, 0.15) is 52.7 Å². The van der Waals surface area contributed by atoms with Crippen molar-refractivity contribution in [3.8, 4) is 11.7 Å². The van der Waals surface area contributed by atoms with Crippen molar-refractivity contribution >= 4 is 5.91 Å². The van der Waals surface area contributed by atoms with Crippen molar-refractivity contribution in [2.75, 3.05) is 0 Å². The lowest BCUT2D eigenvalue weighted by Crippen LogP contribution is -2.30. The number of aryl methyl sites for hydroxylation is 2. The third-order valence-corrected chi connectivity index (χ3v) is 5.67. The van der Waals surface area contributed by atoms with Crippen molar-refractivity contribution in [1.29, 1.82) is 0 Å². The van der Waals surface area contributed by atoms with Crippen LogP contribution < -0.4 is 4.74 Å². The molecule has 0 spiro atoms. The minimum absolute atomic E-state index is 0.206. The van der Waals surface area contributed by atoms with Crippen LogP contribution in [0.25, 0.3) is 0 Å². The highest BCUT2D eigenvalue weighted by molar-refractivity contribution is 5.91. The summed E-state index contributed by atoms with van der Waals surface area (Å²) in [7, 11) is 1.97. The summed E-state index contributed by atoms with van der Waals surface area (Å²) >= 11 is 0. The van der Waals surface area contributed by atoms with Crippen molar-refractivity contribution in [3.63, 3.8) is 0 Å². The van der Waals surface area contributed by atoms with Gasteiger partial charge in [0.05, 0.1) is 6.54 Å². The highest BCUT2D eigenvalue weighted by Crippen LogP contribution is 2.30. The molecule has 0 aliphatic rings. The van der Waals surface area contributed by atoms with Gasteiger partial charge in [-0.2, -0.15) is 0 Å². The van der Waals surface area contributed by atoms with E-state index in [1.165, 1.54) is 5.56 Å². The molecule has 6 heteroatoms. The van der Waals surface area contributed by atoms with Crippen LogP contribution in [0.15, 0.2) is 77.6 Å². The average molecular weight is 444 g/mol. The number of furan rings is 1. The van der Waals surface area contributed by atoms with Gasteiger partial charge in [-0.15, -0.1) is 0 Å². The molecule has 0 N–H and O–H groups in total. The Bertz CT molecular complexity index is 1220. The van der Waals surface area contributed by atoms with Gasteiger partial charge >= 0.3 is 0 Å². The summed E-state index contributed by atoms with van der Waals surface area (Å²) in [5.41, 5.74) is 4.16. The number of rotatable bonds is 8. The van der Waals surface area contributed by atoms with Crippen LogP contribution in [0.5, 0.6) is 11.7 Å². The summed E-state index contributed by atoms with van der Waals surface area (Å²) in [6.45, 7) is 7.14. The molecule has 0 unspecified atom stereocenters. The number of nitrogens with zero attached hydrogens (tertiary/aromatic N) is 3. The van der Waals surface area contributed by atoms with E-state index in [9.17, 15) is 4.79 Å². The molecular formula is C27H29N3O3. The van der Waals surface area contributed by atoms with Crippen molar-refractivity contribution in [2.24, 2.45) is 7.05 Å². The smallest absolute Gasteiger partial charge is 0.290 e. The first-order valence-corrected chi connectivity index (χ1v) is 11.1. The summed E-state index contributed by atoms with van der Waals surface area (Å²) in [4.78, 5) is 19.3. The Kier molecular flexibility index (Phi) is 6.63. The number of amides is 1. The first kappa shape index (κ1) is 22.4. The number of benzene rings is 1. The molecule has 170 valence electrons. The zero-order chi connectivity index (χ0) is 23.4. The maximum Gasteiger partial charge on any atom is 0.290 e. The predicted octanol–water partition coefficient (Wildman–Crippen LogP) is 6.08. The Morgan fingerprint density at radius 1 is 1.12 bits per heavy atom. The summed E-state index contributed by atoms with van der Waals surface area (Å²) in [6, 6.07) is 17.3. The van der Waals surface area contributed by atoms with Crippen LogP contribution >= 0.6 is 0 Å². The van der Waals surface area contributed by atoms with Gasteiger partial charge in [0.1, 0.15) is 5.75 Å². The normalized spacial score (nSPS) is 11.1. The molecule has 0 atom stereocenters. The second-order valence-corrected chi connectivity index (χ2v) is 8.53. The van der Waals surface area contributed by atoms with Gasteiger partial charge in [-0.3, -0.25) is 9.78 Å². The third kappa shape index (κ3) is 5.34. The number of carbonyl (C=O) groups is 1. The summed E-state index contributed by atoms with van der Waals surface area (Å²) < 4.78 is 13.8. The highest BCUT2D eigenvalue weighted by atomic mass is 16.6. The highest BCUT2D eigenvalue weighted by Gasteiger charge is 2.22. The second kappa shape index (κ2) is 9.77. The summed E-state index contributed by atoms with van der Waals surface area (Å²) in [5.74, 6) is 1.44. The molecule has 0 fully saturated rings. The van der Waals surface area contributed by atoms with Gasteiger partial charge in [-0.05, 0) is 59.9 Å². The Morgan fingerprint density at radius 3 is 2.67 bits per heavy atom. The molecule has 4 rings (SSSR count). The van der Waals surface area contributed by atoms with Crippen LogP contribution in [0, 0.1) is 6.92 Å². The van der Waals surface area contributed by atoms with E-state index < -0.39 is 0 Å². The molecule has 1 aromatic carbocycles. The van der Waals surface area contributed by atoms with Crippen LogP contribution in [0.2, 0.25) is 0 Å². The standard InChI is InChI=1S/C27H29N3O3/c1-19(2)22-10-9-20(3)25(15-22)33-26-12-11-24(32-26)27(31)30(17-21-7-5-13-28-16-21)18-23-8-6-14-29(23)4/h5-16,19H,17-18H2,1-4H3. The largest absolute Gasteiger partial charge is 0.426 e. The van der Waals surface area contributed by atoms with Crippen molar-refractivity contribution in [3.05, 3.63) is 101 Å². The van der Waals surface area contributed by atoms with Crippen molar-refractivity contribution < 1.29 is 13.9 Å². The van der Waals surface area contributed by atoms with E-state index >= 15 is 0 Å². The van der Waals surface area contributed by atoms with Gasteiger partial charge in [0.25, 0.3) is 11.9 Å². The van der Waals surface area contributed by atoms with Gasteiger partial charge in [0.2, 0.25) is 0 Å².